The van der Waals surface area contributed by atoms with Crippen molar-refractivity contribution >= 4 is 35.1 Å². The van der Waals surface area contributed by atoms with Crippen LogP contribution in [0.3, 0.4) is 0 Å². The summed E-state index contributed by atoms with van der Waals surface area (Å²) in [5.41, 5.74) is 5.25. The molecule has 0 saturated heterocycles. The number of ketones is 1. The van der Waals surface area contributed by atoms with E-state index < -0.39 is 12.2 Å². The molecule has 0 heterocycles. The van der Waals surface area contributed by atoms with Crippen molar-refractivity contribution in [1.82, 2.24) is 0 Å². The average molecular weight is 304 g/mol. The van der Waals surface area contributed by atoms with Crippen LogP contribution in [0.25, 0.3) is 0 Å². The number of hydrogen-bond donors (Lipinski definition) is 1. The molecule has 1 amide bonds. The molecular formula is C13H15Cl2NO3. The Kier molecular flexibility index (Phi) is 6.12. The fourth-order valence-corrected chi connectivity index (χ4v) is 2.14. The lowest BCUT2D eigenvalue weighted by Crippen LogP contribution is -2.30. The van der Waals surface area contributed by atoms with Crippen molar-refractivity contribution < 1.29 is 14.3 Å². The highest BCUT2D eigenvalue weighted by atomic mass is 35.5. The number of benzene rings is 1. The molecule has 19 heavy (non-hydrogen) atoms. The van der Waals surface area contributed by atoms with Crippen molar-refractivity contribution in [3.05, 3.63) is 33.8 Å². The molecule has 2 N–H and O–H groups in total. The Balaban J connectivity index is 2.93. The molecule has 0 fully saturated rings. The van der Waals surface area contributed by atoms with Crippen molar-refractivity contribution in [2.24, 2.45) is 5.73 Å². The first-order valence-corrected chi connectivity index (χ1v) is 6.66. The summed E-state index contributed by atoms with van der Waals surface area (Å²) in [5, 5.41) is 0.662. The van der Waals surface area contributed by atoms with Gasteiger partial charge in [0, 0.05) is 10.6 Å². The standard InChI is InChI=1S/C13H15Cl2NO3/c1-2-3-4-11(19-13(16)18)12(17)9-6-5-8(14)7-10(9)15/h5-7,11H,2-4H2,1H3,(H2,16,18)/t11-/m1/s1. The van der Waals surface area contributed by atoms with Crippen LogP contribution in [-0.4, -0.2) is 18.0 Å². The number of rotatable bonds is 6. The van der Waals surface area contributed by atoms with Gasteiger partial charge in [-0.3, -0.25) is 4.79 Å². The highest BCUT2D eigenvalue weighted by molar-refractivity contribution is 6.37. The van der Waals surface area contributed by atoms with Gasteiger partial charge in [-0.2, -0.15) is 0 Å². The second kappa shape index (κ2) is 7.36. The molecule has 4 nitrogen and oxygen atoms in total. The molecule has 104 valence electrons. The van der Waals surface area contributed by atoms with Crippen LogP contribution < -0.4 is 5.73 Å². The van der Waals surface area contributed by atoms with Crippen molar-refractivity contribution in [2.75, 3.05) is 0 Å². The number of amides is 1. The van der Waals surface area contributed by atoms with Gasteiger partial charge in [-0.05, 0) is 31.0 Å². The molecule has 0 bridgehead atoms. The Morgan fingerprint density at radius 1 is 1.37 bits per heavy atom. The smallest absolute Gasteiger partial charge is 0.405 e. The fraction of sp³-hybridized carbons (Fsp3) is 0.385. The molecule has 0 aliphatic heterocycles. The molecule has 6 heteroatoms. The second-order valence-electron chi connectivity index (χ2n) is 4.06. The third kappa shape index (κ3) is 4.73. The number of primary amides is 1. The van der Waals surface area contributed by atoms with Gasteiger partial charge in [0.05, 0.1) is 5.02 Å². The van der Waals surface area contributed by atoms with Crippen LogP contribution in [0.1, 0.15) is 36.5 Å². The lowest BCUT2D eigenvalue weighted by molar-refractivity contribution is 0.0629. The first-order valence-electron chi connectivity index (χ1n) is 5.91. The molecule has 0 aliphatic rings. The van der Waals surface area contributed by atoms with Crippen LogP contribution in [0.4, 0.5) is 4.79 Å². The number of carbonyl (C=O) groups is 2. The summed E-state index contributed by atoms with van der Waals surface area (Å²) < 4.78 is 4.85. The van der Waals surface area contributed by atoms with Gasteiger partial charge in [0.1, 0.15) is 0 Å². The van der Waals surface area contributed by atoms with E-state index in [0.717, 1.165) is 12.8 Å². The summed E-state index contributed by atoms with van der Waals surface area (Å²) in [5.74, 6) is -0.367. The predicted molar refractivity (Wildman–Crippen MR) is 74.8 cm³/mol. The van der Waals surface area contributed by atoms with Gasteiger partial charge in [0.2, 0.25) is 5.78 Å². The number of hydrogen-bond acceptors (Lipinski definition) is 3. The molecule has 0 unspecified atom stereocenters. The van der Waals surface area contributed by atoms with Gasteiger partial charge < -0.3 is 10.5 Å². The quantitative estimate of drug-likeness (QED) is 0.812. The zero-order valence-electron chi connectivity index (χ0n) is 10.5. The van der Waals surface area contributed by atoms with Crippen molar-refractivity contribution in [2.45, 2.75) is 32.3 Å². The van der Waals surface area contributed by atoms with Crippen molar-refractivity contribution in [3.8, 4) is 0 Å². The highest BCUT2D eigenvalue weighted by Crippen LogP contribution is 2.24. The molecule has 0 aromatic heterocycles. The maximum absolute atomic E-state index is 12.3. The van der Waals surface area contributed by atoms with Gasteiger partial charge in [-0.25, -0.2) is 4.79 Å². The summed E-state index contributed by atoms with van der Waals surface area (Å²) in [6.07, 6.45) is 0.155. The average Bonchev–Trinajstić information content (AvgIpc) is 2.33. The van der Waals surface area contributed by atoms with Crippen LogP contribution in [0, 0.1) is 0 Å². The van der Waals surface area contributed by atoms with E-state index in [9.17, 15) is 9.59 Å². The Bertz CT molecular complexity index is 477. The fourth-order valence-electron chi connectivity index (χ4n) is 1.64. The lowest BCUT2D eigenvalue weighted by atomic mass is 10.0. The molecular weight excluding hydrogens is 289 g/mol. The van der Waals surface area contributed by atoms with E-state index in [2.05, 4.69) is 0 Å². The van der Waals surface area contributed by atoms with Gasteiger partial charge in [0.15, 0.2) is 6.10 Å². The zero-order valence-corrected chi connectivity index (χ0v) is 12.0. The molecule has 0 aliphatic carbocycles. The Labute approximate surface area is 121 Å². The summed E-state index contributed by atoms with van der Waals surface area (Å²) in [6, 6.07) is 4.54. The highest BCUT2D eigenvalue weighted by Gasteiger charge is 2.24. The van der Waals surface area contributed by atoms with E-state index in [0.29, 0.717) is 11.4 Å². The van der Waals surface area contributed by atoms with E-state index in [-0.39, 0.29) is 16.4 Å². The van der Waals surface area contributed by atoms with Gasteiger partial charge >= 0.3 is 6.09 Å². The van der Waals surface area contributed by atoms with Crippen molar-refractivity contribution in [1.29, 1.82) is 0 Å². The Hall–Kier alpha value is -1.26. The largest absolute Gasteiger partial charge is 0.438 e. The maximum Gasteiger partial charge on any atom is 0.405 e. The normalized spacial score (nSPS) is 11.9. The number of ether oxygens (including phenoxy) is 1. The molecule has 0 saturated carbocycles. The van der Waals surface area contributed by atoms with E-state index in [1.54, 1.807) is 6.07 Å². The number of carbonyl (C=O) groups excluding carboxylic acids is 2. The van der Waals surface area contributed by atoms with Gasteiger partial charge in [0.25, 0.3) is 0 Å². The molecule has 1 atom stereocenters. The second-order valence-corrected chi connectivity index (χ2v) is 4.90. The molecule has 1 aromatic rings. The van der Waals surface area contributed by atoms with E-state index >= 15 is 0 Å². The van der Waals surface area contributed by atoms with Gasteiger partial charge in [-0.1, -0.05) is 36.5 Å². The first kappa shape index (κ1) is 15.8. The first-order chi connectivity index (χ1) is 8.95. The van der Waals surface area contributed by atoms with E-state index in [1.807, 2.05) is 6.92 Å². The molecule has 1 rings (SSSR count). The van der Waals surface area contributed by atoms with Crippen LogP contribution in [0.15, 0.2) is 18.2 Å². The number of unbranched alkanes of at least 4 members (excludes halogenated alkanes) is 1. The molecule has 1 aromatic carbocycles. The van der Waals surface area contributed by atoms with Crippen LogP contribution in [0.5, 0.6) is 0 Å². The summed E-state index contributed by atoms with van der Waals surface area (Å²) >= 11 is 11.7. The molecule has 0 spiro atoms. The summed E-state index contributed by atoms with van der Waals surface area (Å²) in [4.78, 5) is 23.1. The number of halogens is 2. The van der Waals surface area contributed by atoms with E-state index in [1.165, 1.54) is 12.1 Å². The maximum atomic E-state index is 12.3. The molecule has 0 radical (unpaired) electrons. The minimum atomic E-state index is -0.973. The lowest BCUT2D eigenvalue weighted by Gasteiger charge is -2.16. The number of nitrogens with two attached hydrogens (primary N) is 1. The van der Waals surface area contributed by atoms with Crippen LogP contribution >= 0.6 is 23.2 Å². The number of Topliss-reactive ketones (excluding diaryl/α,β-unsaturated/α-hetero) is 1. The minimum absolute atomic E-state index is 0.229. The Morgan fingerprint density at radius 3 is 2.58 bits per heavy atom. The van der Waals surface area contributed by atoms with Crippen LogP contribution in [-0.2, 0) is 4.74 Å². The third-order valence-corrected chi connectivity index (χ3v) is 3.12. The minimum Gasteiger partial charge on any atom is -0.438 e. The predicted octanol–water partition coefficient (Wildman–Crippen LogP) is 3.83. The van der Waals surface area contributed by atoms with E-state index in [4.69, 9.17) is 33.7 Å². The van der Waals surface area contributed by atoms with Crippen molar-refractivity contribution in [3.63, 3.8) is 0 Å². The monoisotopic (exact) mass is 303 g/mol. The van der Waals surface area contributed by atoms with Crippen LogP contribution in [0.2, 0.25) is 10.0 Å². The summed E-state index contributed by atoms with van der Waals surface area (Å²) in [6.45, 7) is 1.97. The van der Waals surface area contributed by atoms with Gasteiger partial charge in [-0.15, -0.1) is 0 Å². The SMILES string of the molecule is CCCC[C@@H](OC(N)=O)C(=O)c1ccc(Cl)cc1Cl. The Morgan fingerprint density at radius 2 is 2.05 bits per heavy atom. The topological polar surface area (TPSA) is 69.4 Å². The third-order valence-electron chi connectivity index (χ3n) is 2.57. The summed E-state index contributed by atoms with van der Waals surface area (Å²) in [7, 11) is 0. The zero-order chi connectivity index (χ0) is 14.4.